The SMILES string of the molecule is CCc1nnc(NC2COCC2C(=O)O)c(C#N)c1CC. The number of rotatable bonds is 5. The van der Waals surface area contributed by atoms with Crippen molar-refractivity contribution in [1.29, 1.82) is 5.26 Å². The normalized spacial score (nSPS) is 21.0. The Bertz CT molecular complexity index is 582. The van der Waals surface area contributed by atoms with Gasteiger partial charge in [0.2, 0.25) is 0 Å². The van der Waals surface area contributed by atoms with Crippen molar-refractivity contribution in [3.8, 4) is 6.07 Å². The lowest BCUT2D eigenvalue weighted by atomic mass is 10.0. The minimum atomic E-state index is -0.919. The number of aliphatic carboxylic acids is 1. The molecule has 21 heavy (non-hydrogen) atoms. The van der Waals surface area contributed by atoms with Crippen molar-refractivity contribution in [2.45, 2.75) is 32.7 Å². The molecule has 7 heteroatoms. The van der Waals surface area contributed by atoms with Crippen LogP contribution < -0.4 is 5.32 Å². The number of aryl methyl sites for hydroxylation is 1. The highest BCUT2D eigenvalue weighted by atomic mass is 16.5. The van der Waals surface area contributed by atoms with Gasteiger partial charge in [-0.25, -0.2) is 0 Å². The molecule has 0 bridgehead atoms. The van der Waals surface area contributed by atoms with Crippen LogP contribution in [0.5, 0.6) is 0 Å². The molecule has 1 saturated heterocycles. The summed E-state index contributed by atoms with van der Waals surface area (Å²) in [4.78, 5) is 11.2. The minimum absolute atomic E-state index is 0.163. The average molecular weight is 290 g/mol. The molecular weight excluding hydrogens is 272 g/mol. The van der Waals surface area contributed by atoms with Gasteiger partial charge in [0.25, 0.3) is 0 Å². The molecule has 1 aliphatic heterocycles. The highest BCUT2D eigenvalue weighted by Gasteiger charge is 2.35. The molecule has 0 aliphatic carbocycles. The van der Waals surface area contributed by atoms with Gasteiger partial charge in [-0.05, 0) is 18.4 Å². The lowest BCUT2D eigenvalue weighted by Crippen LogP contribution is -2.34. The van der Waals surface area contributed by atoms with E-state index in [0.29, 0.717) is 24.2 Å². The lowest BCUT2D eigenvalue weighted by Gasteiger charge is -2.18. The van der Waals surface area contributed by atoms with Crippen LogP contribution in [0.4, 0.5) is 5.82 Å². The van der Waals surface area contributed by atoms with Gasteiger partial charge >= 0.3 is 5.97 Å². The van der Waals surface area contributed by atoms with Crippen molar-refractivity contribution in [3.63, 3.8) is 0 Å². The summed E-state index contributed by atoms with van der Waals surface area (Å²) < 4.78 is 5.20. The largest absolute Gasteiger partial charge is 0.481 e. The van der Waals surface area contributed by atoms with Crippen LogP contribution in [-0.2, 0) is 22.4 Å². The Morgan fingerprint density at radius 3 is 2.76 bits per heavy atom. The molecule has 2 N–H and O–H groups in total. The predicted molar refractivity (Wildman–Crippen MR) is 74.9 cm³/mol. The number of carboxylic acid groups (broad SMARTS) is 1. The van der Waals surface area contributed by atoms with Crippen LogP contribution in [0.2, 0.25) is 0 Å². The maximum absolute atomic E-state index is 11.2. The van der Waals surface area contributed by atoms with E-state index in [9.17, 15) is 10.1 Å². The van der Waals surface area contributed by atoms with Gasteiger partial charge in [-0.1, -0.05) is 13.8 Å². The molecule has 0 radical (unpaired) electrons. The number of aromatic nitrogens is 2. The number of anilines is 1. The van der Waals surface area contributed by atoms with E-state index in [0.717, 1.165) is 11.3 Å². The summed E-state index contributed by atoms with van der Waals surface area (Å²) in [6.07, 6.45) is 1.38. The van der Waals surface area contributed by atoms with Gasteiger partial charge in [-0.3, -0.25) is 4.79 Å². The Hall–Kier alpha value is -2.20. The number of carboxylic acids is 1. The molecule has 1 aliphatic rings. The van der Waals surface area contributed by atoms with Crippen molar-refractivity contribution in [1.82, 2.24) is 10.2 Å². The Labute approximate surface area is 122 Å². The number of hydrogen-bond donors (Lipinski definition) is 2. The van der Waals surface area contributed by atoms with E-state index in [4.69, 9.17) is 9.84 Å². The van der Waals surface area contributed by atoms with Crippen LogP contribution in [0.3, 0.4) is 0 Å². The zero-order valence-corrected chi connectivity index (χ0v) is 12.1. The maximum Gasteiger partial charge on any atom is 0.311 e. The fraction of sp³-hybridized carbons (Fsp3) is 0.571. The average Bonchev–Trinajstić information content (AvgIpc) is 2.94. The molecule has 0 saturated carbocycles. The monoisotopic (exact) mass is 290 g/mol. The number of nitrogens with zero attached hydrogens (tertiary/aromatic N) is 3. The summed E-state index contributed by atoms with van der Waals surface area (Å²) in [6, 6.07) is 1.75. The molecule has 1 aromatic heterocycles. The van der Waals surface area contributed by atoms with E-state index >= 15 is 0 Å². The topological polar surface area (TPSA) is 108 Å². The molecule has 2 rings (SSSR count). The third-order valence-corrected chi connectivity index (χ3v) is 3.68. The number of ether oxygens (including phenoxy) is 1. The number of nitriles is 1. The number of hydrogen-bond acceptors (Lipinski definition) is 6. The molecule has 0 aromatic carbocycles. The summed E-state index contributed by atoms with van der Waals surface area (Å²) in [6.45, 7) is 4.36. The summed E-state index contributed by atoms with van der Waals surface area (Å²) in [7, 11) is 0. The summed E-state index contributed by atoms with van der Waals surface area (Å²) in [5.74, 6) is -1.22. The molecule has 0 spiro atoms. The van der Waals surface area contributed by atoms with Crippen molar-refractivity contribution in [3.05, 3.63) is 16.8 Å². The van der Waals surface area contributed by atoms with Gasteiger partial charge in [0, 0.05) is 0 Å². The van der Waals surface area contributed by atoms with Crippen molar-refractivity contribution >= 4 is 11.8 Å². The van der Waals surface area contributed by atoms with E-state index in [1.165, 1.54) is 0 Å². The Morgan fingerprint density at radius 1 is 1.43 bits per heavy atom. The Morgan fingerprint density at radius 2 is 2.19 bits per heavy atom. The van der Waals surface area contributed by atoms with Crippen LogP contribution in [-0.4, -0.2) is 40.5 Å². The van der Waals surface area contributed by atoms with Gasteiger partial charge in [0.05, 0.1) is 24.9 Å². The zero-order valence-electron chi connectivity index (χ0n) is 12.1. The highest BCUT2D eigenvalue weighted by Crippen LogP contribution is 2.24. The van der Waals surface area contributed by atoms with E-state index < -0.39 is 17.9 Å². The van der Waals surface area contributed by atoms with Crippen LogP contribution in [0.15, 0.2) is 0 Å². The first-order valence-electron chi connectivity index (χ1n) is 6.97. The fourth-order valence-corrected chi connectivity index (χ4v) is 2.51. The Kier molecular flexibility index (Phi) is 4.70. The standard InChI is InChI=1S/C14H18N4O3/c1-3-8-9(5-15)13(18-17-11(8)4-2)16-12-7-21-6-10(12)14(19)20/h10,12H,3-4,6-7H2,1-2H3,(H,16,18)(H,19,20). The molecule has 7 nitrogen and oxygen atoms in total. The van der Waals surface area contributed by atoms with Gasteiger partial charge in [0.1, 0.15) is 17.6 Å². The first-order valence-corrected chi connectivity index (χ1v) is 6.97. The molecule has 0 amide bonds. The van der Waals surface area contributed by atoms with Crippen LogP contribution in [0, 0.1) is 17.2 Å². The zero-order chi connectivity index (χ0) is 15.4. The van der Waals surface area contributed by atoms with Gasteiger partial charge < -0.3 is 15.2 Å². The summed E-state index contributed by atoms with van der Waals surface area (Å²) in [5, 5.41) is 29.8. The molecular formula is C14H18N4O3. The first kappa shape index (κ1) is 15.2. The first-order chi connectivity index (χ1) is 10.1. The second kappa shape index (κ2) is 6.50. The molecule has 2 atom stereocenters. The fourth-order valence-electron chi connectivity index (χ4n) is 2.51. The van der Waals surface area contributed by atoms with Gasteiger partial charge in [0.15, 0.2) is 5.82 Å². The highest BCUT2D eigenvalue weighted by molar-refractivity contribution is 5.72. The van der Waals surface area contributed by atoms with E-state index in [2.05, 4.69) is 21.6 Å². The van der Waals surface area contributed by atoms with Crippen LogP contribution in [0.1, 0.15) is 30.7 Å². The van der Waals surface area contributed by atoms with Crippen LogP contribution in [0.25, 0.3) is 0 Å². The molecule has 112 valence electrons. The Balaban J connectivity index is 2.32. The van der Waals surface area contributed by atoms with Crippen LogP contribution >= 0.6 is 0 Å². The minimum Gasteiger partial charge on any atom is -0.481 e. The maximum atomic E-state index is 11.2. The van der Waals surface area contributed by atoms with E-state index in [1.54, 1.807) is 0 Å². The second-order valence-electron chi connectivity index (χ2n) is 4.90. The number of nitrogens with one attached hydrogen (secondary N) is 1. The van der Waals surface area contributed by atoms with Crippen molar-refractivity contribution in [2.24, 2.45) is 5.92 Å². The molecule has 2 unspecified atom stereocenters. The third-order valence-electron chi connectivity index (χ3n) is 3.68. The second-order valence-corrected chi connectivity index (χ2v) is 4.90. The van der Waals surface area contributed by atoms with E-state index in [1.807, 2.05) is 13.8 Å². The third kappa shape index (κ3) is 2.95. The van der Waals surface area contributed by atoms with Crippen molar-refractivity contribution in [2.75, 3.05) is 18.5 Å². The number of carbonyl (C=O) groups is 1. The smallest absolute Gasteiger partial charge is 0.311 e. The molecule has 1 fully saturated rings. The van der Waals surface area contributed by atoms with Gasteiger partial charge in [-0.2, -0.15) is 10.4 Å². The summed E-state index contributed by atoms with van der Waals surface area (Å²) >= 11 is 0. The molecule has 2 heterocycles. The van der Waals surface area contributed by atoms with Gasteiger partial charge in [-0.15, -0.1) is 5.10 Å². The lowest BCUT2D eigenvalue weighted by molar-refractivity contribution is -0.141. The quantitative estimate of drug-likeness (QED) is 0.832. The van der Waals surface area contributed by atoms with Crippen molar-refractivity contribution < 1.29 is 14.6 Å². The van der Waals surface area contributed by atoms with E-state index in [-0.39, 0.29) is 13.2 Å². The molecule has 1 aromatic rings. The summed E-state index contributed by atoms with van der Waals surface area (Å²) in [5.41, 5.74) is 2.11. The predicted octanol–water partition coefficient (Wildman–Crippen LogP) is 0.985.